The maximum absolute atomic E-state index is 11.3. The molecule has 0 heterocycles. The number of benzene rings is 1. The van der Waals surface area contributed by atoms with Gasteiger partial charge in [-0.15, -0.1) is 0 Å². The molecule has 0 saturated heterocycles. The Morgan fingerprint density at radius 1 is 1.33 bits per heavy atom. The van der Waals surface area contributed by atoms with Gasteiger partial charge in [-0.3, -0.25) is 0 Å². The molecule has 0 spiro atoms. The maximum atomic E-state index is 11.3. The zero-order valence-electron chi connectivity index (χ0n) is 13.1. The first-order valence-electron chi connectivity index (χ1n) is 8.00. The van der Waals surface area contributed by atoms with Gasteiger partial charge in [0, 0.05) is 18.1 Å². The van der Waals surface area contributed by atoms with E-state index in [-0.39, 0.29) is 0 Å². The molecule has 118 valence electrons. The highest BCUT2D eigenvalue weighted by Gasteiger charge is 2.28. The minimum Gasteiger partial charge on any atom is -0.313 e. The Morgan fingerprint density at radius 2 is 2.10 bits per heavy atom. The molecule has 21 heavy (non-hydrogen) atoms. The van der Waals surface area contributed by atoms with E-state index < -0.39 is 9.84 Å². The van der Waals surface area contributed by atoms with Crippen molar-refractivity contribution in [3.8, 4) is 0 Å². The molecule has 2 atom stereocenters. The van der Waals surface area contributed by atoms with E-state index in [1.54, 1.807) is 0 Å². The monoisotopic (exact) mass is 309 g/mol. The number of hydrogen-bond donors (Lipinski definition) is 1. The fourth-order valence-electron chi connectivity index (χ4n) is 3.35. The van der Waals surface area contributed by atoms with Gasteiger partial charge in [-0.25, -0.2) is 8.42 Å². The van der Waals surface area contributed by atoms with Crippen molar-refractivity contribution < 1.29 is 8.42 Å². The highest BCUT2D eigenvalue weighted by atomic mass is 32.2. The van der Waals surface area contributed by atoms with E-state index in [9.17, 15) is 8.42 Å². The lowest BCUT2D eigenvalue weighted by atomic mass is 9.90. The molecule has 4 heteroatoms. The SMILES string of the molecule is CCCNC(CCCS(C)(=O)=O)C1CCc2ccccc21. The Labute approximate surface area is 129 Å². The van der Waals surface area contributed by atoms with Crippen LogP contribution in [0.4, 0.5) is 0 Å². The van der Waals surface area contributed by atoms with E-state index in [0.29, 0.717) is 17.7 Å². The Morgan fingerprint density at radius 3 is 2.81 bits per heavy atom. The molecule has 2 rings (SSSR count). The van der Waals surface area contributed by atoms with Crippen LogP contribution in [0.5, 0.6) is 0 Å². The van der Waals surface area contributed by atoms with Crippen molar-refractivity contribution in [1.82, 2.24) is 5.32 Å². The van der Waals surface area contributed by atoms with E-state index in [2.05, 4.69) is 36.5 Å². The smallest absolute Gasteiger partial charge is 0.147 e. The van der Waals surface area contributed by atoms with Gasteiger partial charge < -0.3 is 5.32 Å². The first-order chi connectivity index (χ1) is 10.0. The van der Waals surface area contributed by atoms with Crippen molar-refractivity contribution in [2.45, 2.75) is 51.0 Å². The molecule has 0 amide bonds. The van der Waals surface area contributed by atoms with Crippen molar-refractivity contribution in [3.05, 3.63) is 35.4 Å². The van der Waals surface area contributed by atoms with Gasteiger partial charge in [-0.1, -0.05) is 31.2 Å². The van der Waals surface area contributed by atoms with Crippen LogP contribution in [0.25, 0.3) is 0 Å². The molecule has 0 bridgehead atoms. The average Bonchev–Trinajstić information content (AvgIpc) is 2.85. The van der Waals surface area contributed by atoms with Crippen molar-refractivity contribution in [3.63, 3.8) is 0 Å². The average molecular weight is 309 g/mol. The number of hydrogen-bond acceptors (Lipinski definition) is 3. The van der Waals surface area contributed by atoms with Gasteiger partial charge in [-0.05, 0) is 55.7 Å². The second-order valence-electron chi connectivity index (χ2n) is 6.18. The van der Waals surface area contributed by atoms with Crippen molar-refractivity contribution in [1.29, 1.82) is 0 Å². The maximum Gasteiger partial charge on any atom is 0.147 e. The summed E-state index contributed by atoms with van der Waals surface area (Å²) in [4.78, 5) is 0. The topological polar surface area (TPSA) is 46.2 Å². The Balaban J connectivity index is 2.03. The van der Waals surface area contributed by atoms with Crippen LogP contribution in [-0.2, 0) is 16.3 Å². The second-order valence-corrected chi connectivity index (χ2v) is 8.44. The lowest BCUT2D eigenvalue weighted by Gasteiger charge is -2.26. The zero-order chi connectivity index (χ0) is 15.3. The minimum absolute atomic E-state index is 0.297. The zero-order valence-corrected chi connectivity index (χ0v) is 14.0. The largest absolute Gasteiger partial charge is 0.313 e. The Kier molecular flexibility index (Phi) is 5.82. The number of sulfone groups is 1. The van der Waals surface area contributed by atoms with Crippen molar-refractivity contribution >= 4 is 9.84 Å². The van der Waals surface area contributed by atoms with Crippen LogP contribution in [0.15, 0.2) is 24.3 Å². The van der Waals surface area contributed by atoms with Gasteiger partial charge >= 0.3 is 0 Å². The van der Waals surface area contributed by atoms with Gasteiger partial charge in [-0.2, -0.15) is 0 Å². The molecule has 1 aromatic rings. The van der Waals surface area contributed by atoms with Crippen LogP contribution in [0.1, 0.15) is 49.7 Å². The van der Waals surface area contributed by atoms with E-state index in [4.69, 9.17) is 0 Å². The van der Waals surface area contributed by atoms with Crippen LogP contribution in [-0.4, -0.2) is 33.0 Å². The summed E-state index contributed by atoms with van der Waals surface area (Å²) < 4.78 is 22.7. The number of nitrogens with one attached hydrogen (secondary N) is 1. The Bertz CT molecular complexity index is 554. The summed E-state index contributed by atoms with van der Waals surface area (Å²) in [6, 6.07) is 9.09. The van der Waals surface area contributed by atoms with E-state index in [0.717, 1.165) is 32.2 Å². The summed E-state index contributed by atoms with van der Waals surface area (Å²) in [5, 5.41) is 3.64. The number of fused-ring (bicyclic) bond motifs is 1. The molecule has 0 saturated carbocycles. The highest BCUT2D eigenvalue weighted by molar-refractivity contribution is 7.90. The second kappa shape index (κ2) is 7.41. The third-order valence-electron chi connectivity index (χ3n) is 4.35. The molecule has 0 aromatic heterocycles. The molecule has 0 radical (unpaired) electrons. The van der Waals surface area contributed by atoms with Gasteiger partial charge in [0.05, 0.1) is 0 Å². The quantitative estimate of drug-likeness (QED) is 0.803. The molecule has 0 aliphatic heterocycles. The predicted molar refractivity (Wildman–Crippen MR) is 88.5 cm³/mol. The lowest BCUT2D eigenvalue weighted by Crippen LogP contribution is -2.35. The number of rotatable bonds is 8. The fraction of sp³-hybridized carbons (Fsp3) is 0.647. The van der Waals surface area contributed by atoms with Crippen molar-refractivity contribution in [2.24, 2.45) is 0 Å². The van der Waals surface area contributed by atoms with Crippen LogP contribution in [0.3, 0.4) is 0 Å². The third-order valence-corrected chi connectivity index (χ3v) is 5.38. The summed E-state index contributed by atoms with van der Waals surface area (Å²) >= 11 is 0. The molecular weight excluding hydrogens is 282 g/mol. The van der Waals surface area contributed by atoms with Crippen molar-refractivity contribution in [2.75, 3.05) is 18.6 Å². The van der Waals surface area contributed by atoms with Gasteiger partial charge in [0.25, 0.3) is 0 Å². The molecule has 2 unspecified atom stereocenters. The minimum atomic E-state index is -2.85. The Hall–Kier alpha value is -0.870. The lowest BCUT2D eigenvalue weighted by molar-refractivity contribution is 0.402. The highest BCUT2D eigenvalue weighted by Crippen LogP contribution is 2.36. The third kappa shape index (κ3) is 4.82. The van der Waals surface area contributed by atoms with E-state index in [1.165, 1.54) is 23.8 Å². The van der Waals surface area contributed by atoms with Gasteiger partial charge in [0.15, 0.2) is 0 Å². The molecule has 1 aliphatic rings. The van der Waals surface area contributed by atoms with E-state index in [1.807, 2.05) is 0 Å². The summed E-state index contributed by atoms with van der Waals surface area (Å²) in [5.74, 6) is 0.832. The standard InChI is InChI=1S/C17H27NO2S/c1-3-12-18-17(9-6-13-21(2,19)20)16-11-10-14-7-4-5-8-15(14)16/h4-5,7-8,16-18H,3,6,9-13H2,1-2H3. The fourth-order valence-corrected chi connectivity index (χ4v) is 4.04. The predicted octanol–water partition coefficient (Wildman–Crippen LogP) is 2.91. The molecule has 1 N–H and O–H groups in total. The summed E-state index contributed by atoms with van der Waals surface area (Å²) in [5.41, 5.74) is 2.93. The summed E-state index contributed by atoms with van der Waals surface area (Å²) in [6.07, 6.45) is 6.45. The van der Waals surface area contributed by atoms with Crippen LogP contribution < -0.4 is 5.32 Å². The first-order valence-corrected chi connectivity index (χ1v) is 10.1. The van der Waals surface area contributed by atoms with Gasteiger partial charge in [0.1, 0.15) is 9.84 Å². The van der Waals surface area contributed by atoms with Crippen LogP contribution in [0, 0.1) is 0 Å². The number of aryl methyl sites for hydroxylation is 1. The molecule has 0 fully saturated rings. The van der Waals surface area contributed by atoms with E-state index >= 15 is 0 Å². The molecule has 3 nitrogen and oxygen atoms in total. The van der Waals surface area contributed by atoms with Gasteiger partial charge in [0.2, 0.25) is 0 Å². The summed E-state index contributed by atoms with van der Waals surface area (Å²) in [6.45, 7) is 3.17. The molecular formula is C17H27NO2S. The normalized spacial score (nSPS) is 19.4. The van der Waals surface area contributed by atoms with Crippen LogP contribution in [0.2, 0.25) is 0 Å². The first kappa shape index (κ1) is 16.5. The molecule has 1 aromatic carbocycles. The summed E-state index contributed by atoms with van der Waals surface area (Å²) in [7, 11) is -2.85. The molecule has 1 aliphatic carbocycles. The van der Waals surface area contributed by atoms with Crippen LogP contribution >= 0.6 is 0 Å².